The molecule has 0 aliphatic carbocycles. The first-order chi connectivity index (χ1) is 60.2. The molecule has 0 aliphatic heterocycles. The molecule has 1 unspecified atom stereocenters. The molecule has 16 aromatic rings. The maximum atomic E-state index is 9.98. The van der Waals surface area contributed by atoms with Crippen LogP contribution in [0.5, 0.6) is 23.0 Å². The number of aryl methyl sites for hydroxylation is 2. The quantitative estimate of drug-likeness (QED) is 0.0116. The third kappa shape index (κ3) is 38.5. The van der Waals surface area contributed by atoms with Gasteiger partial charge >= 0.3 is 130 Å². The van der Waals surface area contributed by atoms with Gasteiger partial charge in [0.05, 0.1) is 22.6 Å². The molecular weight excluding hydrogens is 1890 g/mol. The second-order valence-electron chi connectivity index (χ2n) is 26.9. The van der Waals surface area contributed by atoms with Crippen LogP contribution in [-0.2, 0) is 42.5 Å². The van der Waals surface area contributed by atoms with Crippen LogP contribution in [0.2, 0.25) is 0 Å². The van der Waals surface area contributed by atoms with Gasteiger partial charge in [0.25, 0.3) is 0 Å². The molecule has 2 aromatic heterocycles. The molecule has 23 heteroatoms. The smallest absolute Gasteiger partial charge is 0 e. The fraction of sp³-hybridized carbons (Fsp3) is 0.0980. The van der Waals surface area contributed by atoms with Gasteiger partial charge in [0.15, 0.2) is 0 Å². The number of phenols is 4. The summed E-state index contributed by atoms with van der Waals surface area (Å²) in [5, 5.41) is 80.3. The number of halogens is 1. The molecule has 0 radical (unpaired) electrons. The first-order valence-electron chi connectivity index (χ1n) is 40.7. The van der Waals surface area contributed by atoms with E-state index in [9.17, 15) is 20.4 Å². The Balaban J connectivity index is 0.000000224. The molecule has 2 heterocycles. The van der Waals surface area contributed by atoms with Crippen LogP contribution in [0.15, 0.2) is 438 Å². The minimum absolute atomic E-state index is 0. The topological polar surface area (TPSA) is 220 Å². The van der Waals surface area contributed by atoms with E-state index in [1.165, 1.54) is 164 Å². The standard InChI is InChI=1S/4C18H15P.C15H18O3.C11H15BrO2.C4H5BO3.3K.HO4P.Pd/c4*1-4-10-16(11-5-1)19(17-12-6-2-7-13-17)18-14-8-3-9-15-18;1-2-3-4-6-11-9-12(16)10-13(17)15(11)14-7-5-8-18-14;1-2-3-4-5-8-6-9(13)7-10(14)11(8)12;6-5(7)4-2-1-3-8-4;;;;1-4-5(2)3;/h4*1-15H;5,7-10,16-17H,2-4,6H2,1H3;6-7,13-14H,2-5H2,1H3;1-3,6-7H;;;;1H;/q;;;;;;;;;+1;;/p-1. The molecule has 125 heavy (non-hydrogen) atoms. The number of benzene rings is 14. The van der Waals surface area contributed by atoms with Crippen molar-refractivity contribution in [3.05, 3.63) is 441 Å². The van der Waals surface area contributed by atoms with Crippen molar-refractivity contribution in [3.63, 3.8) is 0 Å². The minimum Gasteiger partial charge on any atom is -0.0622 e. The van der Waals surface area contributed by atoms with Gasteiger partial charge in [-0.2, -0.15) is 0 Å². The van der Waals surface area contributed by atoms with Crippen molar-refractivity contribution >= 4 is 195 Å². The summed E-state index contributed by atoms with van der Waals surface area (Å²) < 4.78 is 22.0. The predicted octanol–water partition coefficient (Wildman–Crippen LogP) is 15.0. The van der Waals surface area contributed by atoms with Gasteiger partial charge in [0.1, 0.15) is 34.4 Å². The van der Waals surface area contributed by atoms with Gasteiger partial charge in [0.2, 0.25) is 0 Å². The van der Waals surface area contributed by atoms with Crippen molar-refractivity contribution in [3.8, 4) is 34.3 Å². The van der Waals surface area contributed by atoms with Crippen LogP contribution in [0.4, 0.5) is 0 Å². The van der Waals surface area contributed by atoms with Crippen LogP contribution in [0, 0.1) is 0 Å². The zero-order valence-electron chi connectivity index (χ0n) is 70.7. The predicted molar refractivity (Wildman–Crippen MR) is 521 cm³/mol. The SMILES string of the molecule is CCCCCc1cc(O)cc(O)c1-c1ccco1.CCCCCc1cc(O)cc(O)c1Br.O=[P+]([O-])O[O-].OB(O)c1ccco1.[K+].[K][K].[Pd].c1ccc(P(c2ccccc2)c2ccccc2)cc1.c1ccc(P(c2ccccc2)c2ccccc2)cc1.c1ccc(P(c2ccccc2)c2ccccc2)cc1.c1ccc(P(c2ccccc2)c2ccccc2)cc1. The van der Waals surface area contributed by atoms with E-state index in [1.807, 2.05) is 6.07 Å². The van der Waals surface area contributed by atoms with Gasteiger partial charge in [0, 0.05) is 32.6 Å². The van der Waals surface area contributed by atoms with Crippen molar-refractivity contribution in [1.29, 1.82) is 0 Å². The Kier molecular flexibility index (Phi) is 55.8. The number of rotatable bonds is 23. The average Bonchev–Trinajstić information content (AvgIpc) is 1.64. The third-order valence-corrected chi connectivity index (χ3v) is 29.0. The summed E-state index contributed by atoms with van der Waals surface area (Å²) >= 11 is 5.81. The zero-order valence-corrected chi connectivity index (χ0v) is 87.7. The van der Waals surface area contributed by atoms with E-state index < -0.39 is 47.1 Å². The van der Waals surface area contributed by atoms with E-state index in [4.69, 9.17) is 29.2 Å². The Hall–Kier alpha value is -5.42. The Morgan fingerprint density at radius 1 is 0.352 bits per heavy atom. The molecule has 0 aliphatic rings. The van der Waals surface area contributed by atoms with Crippen LogP contribution < -0.4 is 131 Å². The molecule has 0 saturated carbocycles. The number of unbranched alkanes of at least 4 members (excludes halogenated alkanes) is 4. The summed E-state index contributed by atoms with van der Waals surface area (Å²) in [4.78, 5) is 8.87. The van der Waals surface area contributed by atoms with E-state index >= 15 is 0 Å². The second-order valence-corrected chi connectivity index (χ2v) is 37.2. The maximum Gasteiger partial charge on any atom is 0 e. The van der Waals surface area contributed by atoms with Crippen LogP contribution in [0.25, 0.3) is 11.3 Å². The van der Waals surface area contributed by atoms with Gasteiger partial charge in [-0.3, -0.25) is 0 Å². The summed E-state index contributed by atoms with van der Waals surface area (Å²) in [6, 6.07) is 142. The molecule has 0 fully saturated rings. The van der Waals surface area contributed by atoms with Crippen molar-refractivity contribution in [2.45, 2.75) is 65.2 Å². The molecule has 6 N–H and O–H groups in total. The van der Waals surface area contributed by atoms with Crippen molar-refractivity contribution in [1.82, 2.24) is 0 Å². The summed E-state index contributed by atoms with van der Waals surface area (Å²) in [7, 11) is -6.42. The van der Waals surface area contributed by atoms with Crippen molar-refractivity contribution in [2.24, 2.45) is 0 Å². The number of aromatic hydroxyl groups is 4. The normalized spacial score (nSPS) is 10.2. The molecule has 0 bridgehead atoms. The first kappa shape index (κ1) is 108. The molecular formula is C102H98BBrK3O12P5Pd. The molecule has 0 amide bonds. The molecule has 0 saturated heterocycles. The monoisotopic (exact) mass is 1980 g/mol. The molecule has 626 valence electrons. The van der Waals surface area contributed by atoms with E-state index in [0.717, 1.165) is 49.7 Å². The van der Waals surface area contributed by atoms with E-state index in [2.05, 4.69) is 403 Å². The Bertz CT molecular complexity index is 4610. The number of phenolic OH excluding ortho intramolecular Hbond substituents is 4. The van der Waals surface area contributed by atoms with Gasteiger partial charge in [-0.1, -0.05) is 404 Å². The molecule has 1 atom stereocenters. The van der Waals surface area contributed by atoms with E-state index in [0.29, 0.717) is 15.8 Å². The van der Waals surface area contributed by atoms with Crippen LogP contribution in [0.1, 0.15) is 63.5 Å². The molecule has 16 rings (SSSR count). The second kappa shape index (κ2) is 64.4. The van der Waals surface area contributed by atoms with Crippen LogP contribution in [-0.4, -0.2) is 101 Å². The van der Waals surface area contributed by atoms with Gasteiger partial charge < -0.3 is 49.5 Å². The molecule has 12 nitrogen and oxygen atoms in total. The van der Waals surface area contributed by atoms with Crippen molar-refractivity contribution < 1.29 is 131 Å². The molecule has 14 aromatic carbocycles. The van der Waals surface area contributed by atoms with Gasteiger partial charge in [-0.25, -0.2) is 4.67 Å². The average molecular weight is 1990 g/mol. The molecule has 0 spiro atoms. The first-order valence-corrected chi connectivity index (χ1v) is 63.9. The summed E-state index contributed by atoms with van der Waals surface area (Å²) in [6.45, 7) is 4.29. The Morgan fingerprint density at radius 2 is 0.576 bits per heavy atom. The third-order valence-electron chi connectivity index (χ3n) is 18.2. The van der Waals surface area contributed by atoms with Crippen molar-refractivity contribution in [2.75, 3.05) is 0 Å². The largest absolute Gasteiger partial charge is 0.0622 e. The fourth-order valence-electron chi connectivity index (χ4n) is 12.7. The summed E-state index contributed by atoms with van der Waals surface area (Å²) in [6.07, 6.45) is 11.4. The summed E-state index contributed by atoms with van der Waals surface area (Å²) in [5.74, 6) is 1.03. The number of hydrogen-bond acceptors (Lipinski definition) is 12. The Morgan fingerprint density at radius 3 is 0.776 bits per heavy atom. The van der Waals surface area contributed by atoms with Gasteiger partial charge in [-0.05, 0) is 189 Å². The number of furan rings is 2. The number of hydrogen-bond donors (Lipinski definition) is 6. The van der Waals surface area contributed by atoms with E-state index in [-0.39, 0.29) is 100 Å². The zero-order chi connectivity index (χ0) is 87.4. The summed E-state index contributed by atoms with van der Waals surface area (Å²) in [5.41, 5.74) is 2.76. The Labute approximate surface area is 853 Å². The minimum atomic E-state index is -3.15. The van der Waals surface area contributed by atoms with E-state index in [1.54, 1.807) is 30.5 Å². The van der Waals surface area contributed by atoms with Crippen LogP contribution in [0.3, 0.4) is 0 Å². The van der Waals surface area contributed by atoms with Crippen LogP contribution >= 0.6 is 55.9 Å². The van der Waals surface area contributed by atoms with Gasteiger partial charge in [-0.15, -0.1) is 0 Å². The maximum absolute atomic E-state index is 9.98. The fourth-order valence-corrected chi connectivity index (χ4v) is 22.3.